The van der Waals surface area contributed by atoms with Crippen LogP contribution in [0.5, 0.6) is 5.75 Å². The molecule has 2 aromatic rings. The summed E-state index contributed by atoms with van der Waals surface area (Å²) in [6, 6.07) is 13.9. The van der Waals surface area contributed by atoms with Crippen LogP contribution in [0.1, 0.15) is 31.7 Å². The van der Waals surface area contributed by atoms with Crippen molar-refractivity contribution in [1.29, 1.82) is 0 Å². The summed E-state index contributed by atoms with van der Waals surface area (Å²) in [6.45, 7) is 2.81. The third kappa shape index (κ3) is 5.22. The molecule has 2 aromatic carbocycles. The average molecular weight is 429 g/mol. The summed E-state index contributed by atoms with van der Waals surface area (Å²) in [7, 11) is 0. The molecule has 7 heteroatoms. The highest BCUT2D eigenvalue weighted by Crippen LogP contribution is 2.24. The van der Waals surface area contributed by atoms with Gasteiger partial charge in [0.15, 0.2) is 5.11 Å². The number of benzene rings is 2. The van der Waals surface area contributed by atoms with Crippen LogP contribution in [0.2, 0.25) is 5.02 Å². The van der Waals surface area contributed by atoms with Crippen LogP contribution >= 0.6 is 23.8 Å². The maximum Gasteiger partial charge on any atom is 0.270 e. The quantitative estimate of drug-likeness (QED) is 0.299. The normalized spacial score (nSPS) is 15.6. The van der Waals surface area contributed by atoms with E-state index >= 15 is 0 Å². The largest absolute Gasteiger partial charge is 0.494 e. The number of nitrogens with zero attached hydrogens (tertiary/aromatic N) is 1. The summed E-state index contributed by atoms with van der Waals surface area (Å²) in [6.07, 6.45) is 4.83. The first-order chi connectivity index (χ1) is 14.0. The van der Waals surface area contributed by atoms with Gasteiger partial charge in [-0.15, -0.1) is 0 Å². The van der Waals surface area contributed by atoms with Crippen molar-refractivity contribution in [3.8, 4) is 5.75 Å². The minimum atomic E-state index is -0.523. The van der Waals surface area contributed by atoms with Gasteiger partial charge in [-0.25, -0.2) is 0 Å². The van der Waals surface area contributed by atoms with Crippen molar-refractivity contribution in [2.24, 2.45) is 0 Å². The number of nitrogens with one attached hydrogen (secondary N) is 1. The first kappa shape index (κ1) is 21.0. The molecule has 2 amide bonds. The summed E-state index contributed by atoms with van der Waals surface area (Å²) < 4.78 is 5.69. The number of unbranched alkanes of at least 4 members (excludes halogenated alkanes) is 2. The molecule has 0 spiro atoms. The van der Waals surface area contributed by atoms with E-state index in [1.54, 1.807) is 30.3 Å². The Bertz CT molecular complexity index is 940. The lowest BCUT2D eigenvalue weighted by Crippen LogP contribution is -2.54. The second kappa shape index (κ2) is 9.67. The van der Waals surface area contributed by atoms with Crippen molar-refractivity contribution in [1.82, 2.24) is 5.32 Å². The number of ether oxygens (including phenoxy) is 1. The molecule has 29 heavy (non-hydrogen) atoms. The number of hydrogen-bond donors (Lipinski definition) is 1. The molecule has 1 heterocycles. The van der Waals surface area contributed by atoms with Gasteiger partial charge in [-0.2, -0.15) is 0 Å². The standard InChI is InChI=1S/C22H21ClN2O3S/c1-2-3-4-13-28-18-11-5-15(6-12-18)14-19-20(26)24-22(29)25(21(19)27)17-9-7-16(23)8-10-17/h5-12,14H,2-4,13H2,1H3,(H,24,26,29)/b19-14-. The molecule has 0 saturated carbocycles. The molecule has 0 atom stereocenters. The lowest BCUT2D eigenvalue weighted by atomic mass is 10.1. The number of rotatable bonds is 7. The highest BCUT2D eigenvalue weighted by atomic mass is 35.5. The molecule has 150 valence electrons. The van der Waals surface area contributed by atoms with Crippen molar-refractivity contribution in [2.75, 3.05) is 11.5 Å². The van der Waals surface area contributed by atoms with Crippen LogP contribution < -0.4 is 15.0 Å². The Morgan fingerprint density at radius 3 is 2.41 bits per heavy atom. The van der Waals surface area contributed by atoms with Crippen LogP contribution in [0.25, 0.3) is 6.08 Å². The van der Waals surface area contributed by atoms with Gasteiger partial charge in [0.05, 0.1) is 12.3 Å². The lowest BCUT2D eigenvalue weighted by Gasteiger charge is -2.28. The van der Waals surface area contributed by atoms with Crippen molar-refractivity contribution in [3.63, 3.8) is 0 Å². The first-order valence-corrected chi connectivity index (χ1v) is 10.2. The van der Waals surface area contributed by atoms with E-state index in [9.17, 15) is 9.59 Å². The molecule has 0 radical (unpaired) electrons. The van der Waals surface area contributed by atoms with Crippen LogP contribution in [0.15, 0.2) is 54.1 Å². The van der Waals surface area contributed by atoms with Gasteiger partial charge in [-0.3, -0.25) is 19.8 Å². The number of halogens is 1. The molecular weight excluding hydrogens is 408 g/mol. The second-order valence-electron chi connectivity index (χ2n) is 6.56. The number of carbonyl (C=O) groups is 2. The minimum absolute atomic E-state index is 0.00478. The lowest BCUT2D eigenvalue weighted by molar-refractivity contribution is -0.122. The predicted octanol–water partition coefficient (Wildman–Crippen LogP) is 4.74. The second-order valence-corrected chi connectivity index (χ2v) is 7.38. The number of anilines is 1. The predicted molar refractivity (Wildman–Crippen MR) is 119 cm³/mol. The zero-order valence-electron chi connectivity index (χ0n) is 16.0. The zero-order chi connectivity index (χ0) is 20.8. The molecule has 1 aliphatic rings. The Kier molecular flexibility index (Phi) is 7.01. The number of amides is 2. The summed E-state index contributed by atoms with van der Waals surface area (Å²) in [4.78, 5) is 26.6. The van der Waals surface area contributed by atoms with Crippen molar-refractivity contribution < 1.29 is 14.3 Å². The van der Waals surface area contributed by atoms with Gasteiger partial charge < -0.3 is 4.74 Å². The molecule has 0 bridgehead atoms. The van der Waals surface area contributed by atoms with Crippen molar-refractivity contribution in [3.05, 3.63) is 64.7 Å². The molecule has 0 unspecified atom stereocenters. The van der Waals surface area contributed by atoms with Crippen LogP contribution in [0, 0.1) is 0 Å². The Hall–Kier alpha value is -2.70. The molecule has 1 fully saturated rings. The molecule has 1 saturated heterocycles. The molecule has 3 rings (SSSR count). The maximum absolute atomic E-state index is 13.0. The fourth-order valence-corrected chi connectivity index (χ4v) is 3.26. The van der Waals surface area contributed by atoms with Gasteiger partial charge in [0.1, 0.15) is 11.3 Å². The summed E-state index contributed by atoms with van der Waals surface area (Å²) >= 11 is 11.1. The Balaban J connectivity index is 1.78. The molecule has 1 N–H and O–H groups in total. The van der Waals surface area contributed by atoms with Crippen LogP contribution in [0.4, 0.5) is 5.69 Å². The zero-order valence-corrected chi connectivity index (χ0v) is 17.6. The van der Waals surface area contributed by atoms with Crippen LogP contribution in [-0.2, 0) is 9.59 Å². The van der Waals surface area contributed by atoms with Gasteiger partial charge in [0.25, 0.3) is 11.8 Å². The van der Waals surface area contributed by atoms with E-state index in [0.29, 0.717) is 22.9 Å². The van der Waals surface area contributed by atoms with Gasteiger partial charge in [0.2, 0.25) is 0 Å². The fraction of sp³-hybridized carbons (Fsp3) is 0.227. The number of thiocarbonyl (C=S) groups is 1. The van der Waals surface area contributed by atoms with Gasteiger partial charge in [0, 0.05) is 5.02 Å². The molecular formula is C22H21ClN2O3S. The van der Waals surface area contributed by atoms with Gasteiger partial charge >= 0.3 is 0 Å². The summed E-state index contributed by atoms with van der Waals surface area (Å²) in [5.41, 5.74) is 1.25. The summed E-state index contributed by atoms with van der Waals surface area (Å²) in [5.74, 6) is -0.252. The average Bonchev–Trinajstić information content (AvgIpc) is 2.71. The first-order valence-electron chi connectivity index (χ1n) is 9.39. The van der Waals surface area contributed by atoms with Gasteiger partial charge in [-0.1, -0.05) is 43.5 Å². The molecule has 5 nitrogen and oxygen atoms in total. The van der Waals surface area contributed by atoms with E-state index in [1.807, 2.05) is 24.3 Å². The minimum Gasteiger partial charge on any atom is -0.494 e. The van der Waals surface area contributed by atoms with Crippen LogP contribution in [0.3, 0.4) is 0 Å². The number of hydrogen-bond acceptors (Lipinski definition) is 4. The van der Waals surface area contributed by atoms with Crippen molar-refractivity contribution in [2.45, 2.75) is 26.2 Å². The summed E-state index contributed by atoms with van der Waals surface area (Å²) in [5, 5.41) is 3.15. The van der Waals surface area contributed by atoms with E-state index in [2.05, 4.69) is 12.2 Å². The highest BCUT2D eigenvalue weighted by molar-refractivity contribution is 7.80. The number of carbonyl (C=O) groups excluding carboxylic acids is 2. The Morgan fingerprint density at radius 1 is 1.07 bits per heavy atom. The topological polar surface area (TPSA) is 58.6 Å². The Labute approximate surface area is 180 Å². The molecule has 1 aliphatic heterocycles. The van der Waals surface area contributed by atoms with E-state index in [1.165, 1.54) is 4.90 Å². The molecule has 0 aromatic heterocycles. The third-order valence-corrected chi connectivity index (χ3v) is 4.93. The maximum atomic E-state index is 13.0. The third-order valence-electron chi connectivity index (χ3n) is 4.39. The van der Waals surface area contributed by atoms with Crippen LogP contribution in [-0.4, -0.2) is 23.5 Å². The Morgan fingerprint density at radius 2 is 1.76 bits per heavy atom. The van der Waals surface area contributed by atoms with Crippen molar-refractivity contribution >= 4 is 52.5 Å². The van der Waals surface area contributed by atoms with E-state index in [-0.39, 0.29) is 10.7 Å². The highest BCUT2D eigenvalue weighted by Gasteiger charge is 2.34. The van der Waals surface area contributed by atoms with E-state index in [0.717, 1.165) is 25.0 Å². The van der Waals surface area contributed by atoms with E-state index < -0.39 is 11.8 Å². The smallest absolute Gasteiger partial charge is 0.270 e. The monoisotopic (exact) mass is 428 g/mol. The fourth-order valence-electron chi connectivity index (χ4n) is 2.85. The molecule has 0 aliphatic carbocycles. The SMILES string of the molecule is CCCCCOc1ccc(/C=C2/C(=O)NC(=S)N(c3ccc(Cl)cc3)C2=O)cc1. The van der Waals surface area contributed by atoms with Gasteiger partial charge in [-0.05, 0) is 66.7 Å². The van der Waals surface area contributed by atoms with E-state index in [4.69, 9.17) is 28.6 Å².